The normalized spacial score (nSPS) is 12.5. The fourth-order valence-corrected chi connectivity index (χ4v) is 3.32. The molecule has 118 valence electrons. The SMILES string of the molecule is NC(CCCc1c(Cl)ccc2ccccc12)c1ccc(Cl)cc1. The smallest absolute Gasteiger partial charge is 0.0444 e. The summed E-state index contributed by atoms with van der Waals surface area (Å²) in [5.41, 5.74) is 8.62. The average molecular weight is 344 g/mol. The van der Waals surface area contributed by atoms with Gasteiger partial charge in [0, 0.05) is 16.1 Å². The summed E-state index contributed by atoms with van der Waals surface area (Å²) >= 11 is 12.3. The largest absolute Gasteiger partial charge is 0.324 e. The standard InChI is InChI=1S/C20H19Cl2N/c21-16-11-8-15(9-12-16)20(23)7-3-6-18-17-5-2-1-4-14(17)10-13-19(18)22/h1-2,4-5,8-13,20H,3,6-7,23H2. The van der Waals surface area contributed by atoms with Gasteiger partial charge in [0.1, 0.15) is 0 Å². The molecule has 1 atom stereocenters. The topological polar surface area (TPSA) is 26.0 Å². The molecule has 3 heteroatoms. The Hall–Kier alpha value is -1.54. The lowest BCUT2D eigenvalue weighted by atomic mass is 9.97. The maximum atomic E-state index is 6.41. The second-order valence-corrected chi connectivity index (χ2v) is 6.64. The summed E-state index contributed by atoms with van der Waals surface area (Å²) in [5.74, 6) is 0. The molecule has 0 saturated carbocycles. The molecule has 3 aromatic rings. The molecule has 0 spiro atoms. The molecule has 3 rings (SSSR count). The molecule has 0 aliphatic carbocycles. The Morgan fingerprint density at radius 3 is 2.39 bits per heavy atom. The van der Waals surface area contributed by atoms with E-state index in [1.54, 1.807) is 0 Å². The summed E-state index contributed by atoms with van der Waals surface area (Å²) in [6.45, 7) is 0. The van der Waals surface area contributed by atoms with Gasteiger partial charge in [-0.2, -0.15) is 0 Å². The van der Waals surface area contributed by atoms with E-state index in [2.05, 4.69) is 30.3 Å². The molecule has 0 aliphatic rings. The zero-order chi connectivity index (χ0) is 16.2. The monoisotopic (exact) mass is 343 g/mol. The van der Waals surface area contributed by atoms with Crippen molar-refractivity contribution in [2.45, 2.75) is 25.3 Å². The van der Waals surface area contributed by atoms with Crippen molar-refractivity contribution in [2.24, 2.45) is 5.73 Å². The molecule has 0 saturated heterocycles. The number of benzene rings is 3. The molecule has 1 nitrogen and oxygen atoms in total. The summed E-state index contributed by atoms with van der Waals surface area (Å²) < 4.78 is 0. The first-order valence-corrected chi connectivity index (χ1v) is 8.58. The number of hydrogen-bond donors (Lipinski definition) is 1. The third kappa shape index (κ3) is 3.87. The lowest BCUT2D eigenvalue weighted by molar-refractivity contribution is 0.612. The van der Waals surface area contributed by atoms with Crippen LogP contribution < -0.4 is 5.73 Å². The lowest BCUT2D eigenvalue weighted by Gasteiger charge is -2.13. The van der Waals surface area contributed by atoms with Gasteiger partial charge in [-0.15, -0.1) is 0 Å². The molecule has 0 bridgehead atoms. The van der Waals surface area contributed by atoms with Crippen molar-refractivity contribution in [2.75, 3.05) is 0 Å². The van der Waals surface area contributed by atoms with E-state index in [-0.39, 0.29) is 6.04 Å². The van der Waals surface area contributed by atoms with E-state index in [0.29, 0.717) is 0 Å². The van der Waals surface area contributed by atoms with Crippen molar-refractivity contribution in [1.29, 1.82) is 0 Å². The lowest BCUT2D eigenvalue weighted by Crippen LogP contribution is -2.10. The molecule has 23 heavy (non-hydrogen) atoms. The highest BCUT2D eigenvalue weighted by Gasteiger charge is 2.09. The third-order valence-corrected chi connectivity index (χ3v) is 4.83. The van der Waals surface area contributed by atoms with Gasteiger partial charge in [0.25, 0.3) is 0 Å². The van der Waals surface area contributed by atoms with Crippen LogP contribution in [0.5, 0.6) is 0 Å². The average Bonchev–Trinajstić information content (AvgIpc) is 2.57. The predicted molar refractivity (Wildman–Crippen MR) is 100 cm³/mol. The van der Waals surface area contributed by atoms with Crippen LogP contribution in [0.15, 0.2) is 60.7 Å². The predicted octanol–water partition coefficient (Wildman–Crippen LogP) is 6.17. The van der Waals surface area contributed by atoms with Crippen molar-refractivity contribution in [3.05, 3.63) is 81.8 Å². The fraction of sp³-hybridized carbons (Fsp3) is 0.200. The summed E-state index contributed by atoms with van der Waals surface area (Å²) in [6, 6.07) is 20.2. The van der Waals surface area contributed by atoms with Crippen LogP contribution in [0.1, 0.15) is 30.0 Å². The maximum Gasteiger partial charge on any atom is 0.0444 e. The summed E-state index contributed by atoms with van der Waals surface area (Å²) in [4.78, 5) is 0. The van der Waals surface area contributed by atoms with Crippen LogP contribution in [0.4, 0.5) is 0 Å². The zero-order valence-electron chi connectivity index (χ0n) is 12.8. The van der Waals surface area contributed by atoms with Crippen LogP contribution in [-0.2, 0) is 6.42 Å². The molecule has 0 aliphatic heterocycles. The van der Waals surface area contributed by atoms with Crippen molar-refractivity contribution in [3.63, 3.8) is 0 Å². The maximum absolute atomic E-state index is 6.41. The van der Waals surface area contributed by atoms with Gasteiger partial charge in [-0.1, -0.05) is 65.7 Å². The van der Waals surface area contributed by atoms with Gasteiger partial charge in [0.2, 0.25) is 0 Å². The number of aryl methyl sites for hydroxylation is 1. The minimum Gasteiger partial charge on any atom is -0.324 e. The highest BCUT2D eigenvalue weighted by molar-refractivity contribution is 6.32. The number of halogens is 2. The first-order chi connectivity index (χ1) is 11.1. The van der Waals surface area contributed by atoms with Crippen LogP contribution >= 0.6 is 23.2 Å². The van der Waals surface area contributed by atoms with Crippen molar-refractivity contribution in [3.8, 4) is 0 Å². The number of hydrogen-bond acceptors (Lipinski definition) is 1. The molecule has 0 heterocycles. The molecular formula is C20H19Cl2N. The van der Waals surface area contributed by atoms with Gasteiger partial charge in [-0.3, -0.25) is 0 Å². The Morgan fingerprint density at radius 1 is 0.870 bits per heavy atom. The molecule has 2 N–H and O–H groups in total. The van der Waals surface area contributed by atoms with Crippen molar-refractivity contribution >= 4 is 34.0 Å². The second-order valence-electron chi connectivity index (χ2n) is 5.80. The van der Waals surface area contributed by atoms with Gasteiger partial charge < -0.3 is 5.73 Å². The first kappa shape index (κ1) is 16.3. The second kappa shape index (κ2) is 7.35. The van der Waals surface area contributed by atoms with E-state index in [4.69, 9.17) is 28.9 Å². The highest BCUT2D eigenvalue weighted by atomic mass is 35.5. The molecule has 0 amide bonds. The summed E-state index contributed by atoms with van der Waals surface area (Å²) in [5, 5.41) is 4.04. The molecule has 0 fully saturated rings. The quantitative estimate of drug-likeness (QED) is 0.588. The minimum atomic E-state index is 0.0287. The van der Waals surface area contributed by atoms with Crippen LogP contribution in [0.2, 0.25) is 10.0 Å². The Labute approximate surface area is 147 Å². The van der Waals surface area contributed by atoms with E-state index in [0.717, 1.165) is 34.9 Å². The van der Waals surface area contributed by atoms with Crippen molar-refractivity contribution < 1.29 is 0 Å². The van der Waals surface area contributed by atoms with E-state index in [1.807, 2.05) is 30.3 Å². The fourth-order valence-electron chi connectivity index (χ4n) is 2.94. The number of rotatable bonds is 5. The molecular weight excluding hydrogens is 325 g/mol. The Kier molecular flexibility index (Phi) is 5.22. The zero-order valence-corrected chi connectivity index (χ0v) is 14.3. The van der Waals surface area contributed by atoms with Gasteiger partial charge in [0.15, 0.2) is 0 Å². The van der Waals surface area contributed by atoms with Gasteiger partial charge in [0.05, 0.1) is 0 Å². The van der Waals surface area contributed by atoms with Gasteiger partial charge in [-0.25, -0.2) is 0 Å². The van der Waals surface area contributed by atoms with Crippen LogP contribution in [0.3, 0.4) is 0 Å². The highest BCUT2D eigenvalue weighted by Crippen LogP contribution is 2.28. The van der Waals surface area contributed by atoms with Crippen LogP contribution in [-0.4, -0.2) is 0 Å². The van der Waals surface area contributed by atoms with E-state index >= 15 is 0 Å². The van der Waals surface area contributed by atoms with Gasteiger partial charge in [-0.05, 0) is 59.4 Å². The van der Waals surface area contributed by atoms with Crippen LogP contribution in [0, 0.1) is 0 Å². The Balaban J connectivity index is 1.69. The van der Waals surface area contributed by atoms with E-state index in [1.165, 1.54) is 16.3 Å². The van der Waals surface area contributed by atoms with Crippen molar-refractivity contribution in [1.82, 2.24) is 0 Å². The minimum absolute atomic E-state index is 0.0287. The Bertz CT molecular complexity index is 796. The summed E-state index contributed by atoms with van der Waals surface area (Å²) in [6.07, 6.45) is 2.85. The molecule has 1 unspecified atom stereocenters. The van der Waals surface area contributed by atoms with Crippen LogP contribution in [0.25, 0.3) is 10.8 Å². The molecule has 0 aromatic heterocycles. The third-order valence-electron chi connectivity index (χ3n) is 4.22. The molecule has 0 radical (unpaired) electrons. The van der Waals surface area contributed by atoms with E-state index < -0.39 is 0 Å². The van der Waals surface area contributed by atoms with E-state index in [9.17, 15) is 0 Å². The molecule has 3 aromatic carbocycles. The van der Waals surface area contributed by atoms with Gasteiger partial charge >= 0.3 is 0 Å². The first-order valence-electron chi connectivity index (χ1n) is 7.82. The Morgan fingerprint density at radius 2 is 1.61 bits per heavy atom. The number of fused-ring (bicyclic) bond motifs is 1. The number of nitrogens with two attached hydrogens (primary N) is 1. The summed E-state index contributed by atoms with van der Waals surface area (Å²) in [7, 11) is 0.